The Morgan fingerprint density at radius 2 is 1.90 bits per heavy atom. The minimum atomic E-state index is -0.238. The van der Waals surface area contributed by atoms with E-state index in [1.165, 1.54) is 16.9 Å². The van der Waals surface area contributed by atoms with Gasteiger partial charge >= 0.3 is 0 Å². The second-order valence-electron chi connectivity index (χ2n) is 7.44. The van der Waals surface area contributed by atoms with Crippen molar-refractivity contribution >= 4 is 39.0 Å². The summed E-state index contributed by atoms with van der Waals surface area (Å²) in [5.74, 6) is 0.292. The molecule has 1 atom stereocenters. The number of nitrogens with two attached hydrogens (primary N) is 2. The van der Waals surface area contributed by atoms with Crippen molar-refractivity contribution in [3.05, 3.63) is 40.3 Å². The van der Waals surface area contributed by atoms with E-state index in [0.717, 1.165) is 12.0 Å². The number of pyridine rings is 1. The Labute approximate surface area is 174 Å². The highest BCUT2D eigenvalue weighted by atomic mass is 32.1. The molecule has 0 spiro atoms. The number of hydrogen-bond donors (Lipinski definition) is 3. The molecule has 1 aromatic carbocycles. The molecule has 0 saturated heterocycles. The minimum absolute atomic E-state index is 0.0304. The molecule has 0 bridgehead atoms. The van der Waals surface area contributed by atoms with E-state index in [4.69, 9.17) is 11.5 Å². The number of anilines is 2. The van der Waals surface area contributed by atoms with E-state index in [1.807, 2.05) is 38.1 Å². The van der Waals surface area contributed by atoms with Gasteiger partial charge in [0.15, 0.2) is 0 Å². The molecule has 3 aromatic rings. The molecule has 3 rings (SSSR count). The van der Waals surface area contributed by atoms with Crippen LogP contribution < -0.4 is 16.8 Å². The standard InChI is InChI=1S/C22H25N5OS/c1-5-12(4)26-21(28)19-18(24)17-16(14-8-6-13(7-9-14)11(2)3)15(10-23)20(25)27-22(17)29-19/h6-9,11-12H,5,24H2,1-4H3,(H2,25,27)(H,26,28). The fraction of sp³-hybridized carbons (Fsp3) is 0.318. The number of amides is 1. The lowest BCUT2D eigenvalue weighted by atomic mass is 9.94. The predicted octanol–water partition coefficient (Wildman–Crippen LogP) is 4.65. The zero-order chi connectivity index (χ0) is 21.3. The van der Waals surface area contributed by atoms with E-state index in [0.29, 0.717) is 32.3 Å². The lowest BCUT2D eigenvalue weighted by molar-refractivity contribution is 0.0944. The number of fused-ring (bicyclic) bond motifs is 1. The highest BCUT2D eigenvalue weighted by Gasteiger charge is 2.24. The number of thiophene rings is 1. The van der Waals surface area contributed by atoms with Gasteiger partial charge in [-0.3, -0.25) is 4.79 Å². The average molecular weight is 408 g/mol. The van der Waals surface area contributed by atoms with Crippen LogP contribution in [0.1, 0.15) is 60.8 Å². The zero-order valence-electron chi connectivity index (χ0n) is 17.0. The molecule has 150 valence electrons. The van der Waals surface area contributed by atoms with Gasteiger partial charge in [-0.15, -0.1) is 11.3 Å². The summed E-state index contributed by atoms with van der Waals surface area (Å²) in [6.07, 6.45) is 0.813. The summed E-state index contributed by atoms with van der Waals surface area (Å²) >= 11 is 1.20. The van der Waals surface area contributed by atoms with Gasteiger partial charge in [0.25, 0.3) is 5.91 Å². The number of carbonyl (C=O) groups is 1. The number of nitrogen functional groups attached to an aromatic ring is 2. The van der Waals surface area contributed by atoms with Crippen LogP contribution in [0.25, 0.3) is 21.3 Å². The van der Waals surface area contributed by atoms with E-state index >= 15 is 0 Å². The fourth-order valence-electron chi connectivity index (χ4n) is 3.17. The lowest BCUT2D eigenvalue weighted by Gasteiger charge is -2.12. The number of nitrogens with one attached hydrogen (secondary N) is 1. The maximum atomic E-state index is 12.7. The van der Waals surface area contributed by atoms with Crippen molar-refractivity contribution < 1.29 is 4.79 Å². The van der Waals surface area contributed by atoms with Gasteiger partial charge in [0.2, 0.25) is 0 Å². The third-order valence-corrected chi connectivity index (χ3v) is 6.18. The van der Waals surface area contributed by atoms with Crippen LogP contribution >= 0.6 is 11.3 Å². The van der Waals surface area contributed by atoms with Gasteiger partial charge < -0.3 is 16.8 Å². The summed E-state index contributed by atoms with van der Waals surface area (Å²) in [5.41, 5.74) is 15.7. The molecule has 0 radical (unpaired) electrons. The van der Waals surface area contributed by atoms with Gasteiger partial charge in [0.05, 0.1) is 5.69 Å². The van der Waals surface area contributed by atoms with Gasteiger partial charge in [0.1, 0.15) is 27.2 Å². The van der Waals surface area contributed by atoms with Crippen molar-refractivity contribution in [3.8, 4) is 17.2 Å². The Balaban J connectivity index is 2.25. The average Bonchev–Trinajstić information content (AvgIpc) is 3.02. The summed E-state index contributed by atoms with van der Waals surface area (Å²) in [4.78, 5) is 18.0. The summed E-state index contributed by atoms with van der Waals surface area (Å²) < 4.78 is 0. The van der Waals surface area contributed by atoms with Gasteiger partial charge in [0, 0.05) is 17.0 Å². The van der Waals surface area contributed by atoms with Gasteiger partial charge in [-0.2, -0.15) is 5.26 Å². The van der Waals surface area contributed by atoms with Crippen LogP contribution in [0.4, 0.5) is 11.5 Å². The fourth-order valence-corrected chi connectivity index (χ4v) is 4.18. The second-order valence-corrected chi connectivity index (χ2v) is 8.44. The number of nitriles is 1. The molecule has 0 saturated carbocycles. The normalized spacial score (nSPS) is 12.1. The van der Waals surface area contributed by atoms with Crippen molar-refractivity contribution in [2.45, 2.75) is 46.1 Å². The molecule has 2 aromatic heterocycles. The molecule has 0 aliphatic carbocycles. The molecule has 7 heteroatoms. The second kappa shape index (κ2) is 8.10. The topological polar surface area (TPSA) is 118 Å². The van der Waals surface area contributed by atoms with Crippen LogP contribution in [0.3, 0.4) is 0 Å². The quantitative estimate of drug-likeness (QED) is 0.569. The van der Waals surface area contributed by atoms with Gasteiger partial charge in [-0.1, -0.05) is 45.0 Å². The zero-order valence-corrected chi connectivity index (χ0v) is 17.9. The van der Waals surface area contributed by atoms with E-state index in [1.54, 1.807) is 0 Å². The molecule has 0 aliphatic heterocycles. The molecule has 1 unspecified atom stereocenters. The number of benzene rings is 1. The van der Waals surface area contributed by atoms with Crippen LogP contribution in [0.5, 0.6) is 0 Å². The Kier molecular flexibility index (Phi) is 5.76. The lowest BCUT2D eigenvalue weighted by Crippen LogP contribution is -2.31. The third-order valence-electron chi connectivity index (χ3n) is 5.08. The van der Waals surface area contributed by atoms with Crippen LogP contribution in [-0.4, -0.2) is 16.9 Å². The Bertz CT molecular complexity index is 1110. The number of rotatable bonds is 5. The Morgan fingerprint density at radius 1 is 1.24 bits per heavy atom. The third kappa shape index (κ3) is 3.76. The highest BCUT2D eigenvalue weighted by molar-refractivity contribution is 7.21. The predicted molar refractivity (Wildman–Crippen MR) is 120 cm³/mol. The van der Waals surface area contributed by atoms with Crippen LogP contribution in [0.15, 0.2) is 24.3 Å². The summed E-state index contributed by atoms with van der Waals surface area (Å²) in [6, 6.07) is 10.2. The number of nitrogens with zero attached hydrogens (tertiary/aromatic N) is 2. The molecular formula is C22H25N5OS. The monoisotopic (exact) mass is 407 g/mol. The minimum Gasteiger partial charge on any atom is -0.397 e. The van der Waals surface area contributed by atoms with Crippen LogP contribution in [0, 0.1) is 11.3 Å². The van der Waals surface area contributed by atoms with Crippen molar-refractivity contribution in [3.63, 3.8) is 0 Å². The Hall–Kier alpha value is -3.11. The van der Waals surface area contributed by atoms with E-state index in [-0.39, 0.29) is 23.3 Å². The molecule has 6 nitrogen and oxygen atoms in total. The van der Waals surface area contributed by atoms with Gasteiger partial charge in [-0.05, 0) is 30.4 Å². The smallest absolute Gasteiger partial charge is 0.263 e. The van der Waals surface area contributed by atoms with Crippen LogP contribution in [0.2, 0.25) is 0 Å². The van der Waals surface area contributed by atoms with Crippen molar-refractivity contribution in [1.82, 2.24) is 10.3 Å². The summed E-state index contributed by atoms with van der Waals surface area (Å²) in [6.45, 7) is 8.18. The van der Waals surface area contributed by atoms with Crippen molar-refractivity contribution in [2.75, 3.05) is 11.5 Å². The maximum absolute atomic E-state index is 12.7. The van der Waals surface area contributed by atoms with Gasteiger partial charge in [-0.25, -0.2) is 4.98 Å². The largest absolute Gasteiger partial charge is 0.397 e. The molecule has 29 heavy (non-hydrogen) atoms. The number of hydrogen-bond acceptors (Lipinski definition) is 6. The Morgan fingerprint density at radius 3 is 2.45 bits per heavy atom. The molecule has 1 amide bonds. The SMILES string of the molecule is CCC(C)NC(=O)c1sc2nc(N)c(C#N)c(-c3ccc(C(C)C)cc3)c2c1N. The van der Waals surface area contributed by atoms with E-state index in [9.17, 15) is 10.1 Å². The summed E-state index contributed by atoms with van der Waals surface area (Å²) in [7, 11) is 0. The molecule has 5 N–H and O–H groups in total. The molecule has 0 fully saturated rings. The molecular weight excluding hydrogens is 382 g/mol. The van der Waals surface area contributed by atoms with Crippen molar-refractivity contribution in [1.29, 1.82) is 5.26 Å². The molecule has 2 heterocycles. The van der Waals surface area contributed by atoms with Crippen molar-refractivity contribution in [2.24, 2.45) is 0 Å². The number of carbonyl (C=O) groups excluding carboxylic acids is 1. The first-order valence-corrected chi connectivity index (χ1v) is 10.4. The summed E-state index contributed by atoms with van der Waals surface area (Å²) in [5, 5.41) is 13.3. The highest BCUT2D eigenvalue weighted by Crippen LogP contribution is 2.42. The first-order valence-electron chi connectivity index (χ1n) is 9.61. The first kappa shape index (κ1) is 20.6. The maximum Gasteiger partial charge on any atom is 0.263 e. The first-order chi connectivity index (χ1) is 13.8. The molecule has 0 aliphatic rings. The van der Waals surface area contributed by atoms with E-state index in [2.05, 4.69) is 30.2 Å². The van der Waals surface area contributed by atoms with Crippen LogP contribution in [-0.2, 0) is 0 Å². The van der Waals surface area contributed by atoms with E-state index < -0.39 is 0 Å². The number of aromatic nitrogens is 1.